The molecule has 2 aliphatic rings. The number of likely N-dealkylation sites (tertiary alicyclic amines) is 1. The molecule has 7 nitrogen and oxygen atoms in total. The maximum absolute atomic E-state index is 13.1. The molecule has 3 rings (SSSR count). The molecule has 0 unspecified atom stereocenters. The maximum Gasteiger partial charge on any atom is 0.416 e. The number of carbonyl (C=O) groups is 3. The Morgan fingerprint density at radius 2 is 1.87 bits per heavy atom. The number of hydrogen-bond donors (Lipinski definition) is 2. The van der Waals surface area contributed by atoms with Crippen LogP contribution >= 0.6 is 0 Å². The number of halogens is 3. The van der Waals surface area contributed by atoms with E-state index in [0.29, 0.717) is 24.4 Å². The van der Waals surface area contributed by atoms with Crippen LogP contribution in [0.3, 0.4) is 0 Å². The van der Waals surface area contributed by atoms with Crippen LogP contribution in [0.1, 0.15) is 24.0 Å². The zero-order chi connectivity index (χ0) is 22.9. The van der Waals surface area contributed by atoms with Gasteiger partial charge in [0.2, 0.25) is 11.8 Å². The Hall–Kier alpha value is -2.62. The van der Waals surface area contributed by atoms with E-state index in [1.54, 1.807) is 7.05 Å². The lowest BCUT2D eigenvalue weighted by Gasteiger charge is -2.34. The van der Waals surface area contributed by atoms with Gasteiger partial charge in [-0.3, -0.25) is 14.4 Å². The average Bonchev–Trinajstić information content (AvgIpc) is 3.45. The molecule has 4 atom stereocenters. The Morgan fingerprint density at radius 3 is 2.42 bits per heavy atom. The average molecular weight is 441 g/mol. The van der Waals surface area contributed by atoms with E-state index in [-0.39, 0.29) is 18.2 Å². The summed E-state index contributed by atoms with van der Waals surface area (Å²) in [6.45, 7) is -0.161. The molecule has 1 aliphatic carbocycles. The van der Waals surface area contributed by atoms with Crippen LogP contribution in [0.5, 0.6) is 0 Å². The van der Waals surface area contributed by atoms with Crippen molar-refractivity contribution in [1.29, 1.82) is 0 Å². The Bertz CT molecular complexity index is 843. The van der Waals surface area contributed by atoms with Gasteiger partial charge in [-0.2, -0.15) is 13.2 Å². The standard InChI is InChI=1S/C21H26F3N3O4/c1-25-16-9-13-8-14(13)10-27(19(16)30)17(20(31)26(2)11-18(28)29)7-12-3-5-15(6-4-12)21(22,23)24/h3-6,13-14,16-17,25H,7-11H2,1-2H3,(H,28,29)/t13-,14+,16+,17+/m1/s1. The van der Waals surface area contributed by atoms with Crippen LogP contribution in [-0.4, -0.2) is 72.0 Å². The van der Waals surface area contributed by atoms with E-state index < -0.39 is 42.2 Å². The molecule has 1 aromatic carbocycles. The van der Waals surface area contributed by atoms with Gasteiger partial charge in [-0.05, 0) is 49.4 Å². The third kappa shape index (κ3) is 5.36. The second-order valence-electron chi connectivity index (χ2n) is 8.33. The van der Waals surface area contributed by atoms with Crippen LogP contribution in [0.15, 0.2) is 24.3 Å². The smallest absolute Gasteiger partial charge is 0.416 e. The highest BCUT2D eigenvalue weighted by molar-refractivity contribution is 5.91. The summed E-state index contributed by atoms with van der Waals surface area (Å²) in [6.07, 6.45) is -2.85. The Labute approximate surface area is 178 Å². The van der Waals surface area contributed by atoms with Crippen LogP contribution in [0.25, 0.3) is 0 Å². The zero-order valence-electron chi connectivity index (χ0n) is 17.4. The van der Waals surface area contributed by atoms with Gasteiger partial charge in [-0.1, -0.05) is 12.1 Å². The van der Waals surface area contributed by atoms with Gasteiger partial charge in [0.05, 0.1) is 11.6 Å². The number of nitrogens with one attached hydrogen (secondary N) is 1. The van der Waals surface area contributed by atoms with Crippen LogP contribution in [0.2, 0.25) is 0 Å². The van der Waals surface area contributed by atoms with Crippen LogP contribution in [0, 0.1) is 11.8 Å². The molecule has 10 heteroatoms. The number of hydrogen-bond acceptors (Lipinski definition) is 4. The molecule has 170 valence electrons. The first-order valence-electron chi connectivity index (χ1n) is 10.1. The molecule has 2 amide bonds. The van der Waals surface area contributed by atoms with Gasteiger partial charge in [0, 0.05) is 20.0 Å². The summed E-state index contributed by atoms with van der Waals surface area (Å²) in [5, 5.41) is 12.0. The zero-order valence-corrected chi connectivity index (χ0v) is 17.4. The molecular formula is C21H26F3N3O4. The Kier molecular flexibility index (Phi) is 6.59. The van der Waals surface area contributed by atoms with Crippen LogP contribution in [-0.2, 0) is 27.0 Å². The normalized spacial score (nSPS) is 24.2. The fraction of sp³-hybridized carbons (Fsp3) is 0.571. The fourth-order valence-corrected chi connectivity index (χ4v) is 4.21. The first-order valence-corrected chi connectivity index (χ1v) is 10.1. The lowest BCUT2D eigenvalue weighted by Crippen LogP contribution is -2.56. The lowest BCUT2D eigenvalue weighted by molar-refractivity contribution is -0.149. The molecule has 1 saturated carbocycles. The first-order chi connectivity index (χ1) is 14.5. The SMILES string of the molecule is CN[C@H]1C[C@H]2C[C@H]2CN([C@@H](Cc2ccc(C(F)(F)F)cc2)C(=O)N(C)CC(=O)O)C1=O. The van der Waals surface area contributed by atoms with Crippen molar-refractivity contribution in [3.05, 3.63) is 35.4 Å². The molecule has 0 aromatic heterocycles. The van der Waals surface area contributed by atoms with Gasteiger partial charge in [0.1, 0.15) is 12.6 Å². The minimum atomic E-state index is -4.47. The third-order valence-electron chi connectivity index (χ3n) is 6.09. The number of carboxylic acids is 1. The van der Waals surface area contributed by atoms with E-state index in [2.05, 4.69) is 5.32 Å². The van der Waals surface area contributed by atoms with E-state index >= 15 is 0 Å². The largest absolute Gasteiger partial charge is 0.480 e. The number of fused-ring (bicyclic) bond motifs is 1. The van der Waals surface area contributed by atoms with Gasteiger partial charge >= 0.3 is 12.1 Å². The van der Waals surface area contributed by atoms with E-state index in [4.69, 9.17) is 5.11 Å². The second kappa shape index (κ2) is 8.86. The van der Waals surface area contributed by atoms with E-state index in [1.165, 1.54) is 24.1 Å². The molecule has 0 bridgehead atoms. The summed E-state index contributed by atoms with van der Waals surface area (Å²) in [5.74, 6) is -1.32. The van der Waals surface area contributed by atoms with Crippen molar-refractivity contribution in [1.82, 2.24) is 15.1 Å². The molecule has 1 aliphatic heterocycles. The predicted octanol–water partition coefficient (Wildman–Crippen LogP) is 1.62. The number of carbonyl (C=O) groups excluding carboxylic acids is 2. The monoisotopic (exact) mass is 441 g/mol. The summed E-state index contributed by atoms with van der Waals surface area (Å²) in [6, 6.07) is 3.01. The van der Waals surface area contributed by atoms with E-state index in [9.17, 15) is 27.6 Å². The summed E-state index contributed by atoms with van der Waals surface area (Å²) in [4.78, 5) is 39.9. The summed E-state index contributed by atoms with van der Waals surface area (Å²) in [7, 11) is 3.01. The van der Waals surface area contributed by atoms with Crippen LogP contribution in [0.4, 0.5) is 13.2 Å². The second-order valence-corrected chi connectivity index (χ2v) is 8.33. The number of aliphatic carboxylic acids is 1. The number of likely N-dealkylation sites (N-methyl/N-ethyl adjacent to an activating group) is 2. The molecule has 1 saturated heterocycles. The summed E-state index contributed by atoms with van der Waals surface area (Å²) in [5.41, 5.74) is -0.343. The van der Waals surface area contributed by atoms with Crippen molar-refractivity contribution in [2.75, 3.05) is 27.2 Å². The molecule has 31 heavy (non-hydrogen) atoms. The highest BCUT2D eigenvalue weighted by atomic mass is 19.4. The van der Waals surface area contributed by atoms with E-state index in [1.807, 2.05) is 0 Å². The Morgan fingerprint density at radius 1 is 1.23 bits per heavy atom. The maximum atomic E-state index is 13.1. The first kappa shape index (κ1) is 23.1. The van der Waals surface area contributed by atoms with Crippen molar-refractivity contribution in [2.24, 2.45) is 11.8 Å². The van der Waals surface area contributed by atoms with Crippen molar-refractivity contribution >= 4 is 17.8 Å². The third-order valence-corrected chi connectivity index (χ3v) is 6.09. The molecule has 2 fully saturated rings. The number of rotatable bonds is 7. The molecule has 0 radical (unpaired) electrons. The predicted molar refractivity (Wildman–Crippen MR) is 105 cm³/mol. The summed E-state index contributed by atoms with van der Waals surface area (Å²) >= 11 is 0. The number of amides is 2. The minimum absolute atomic E-state index is 0.000487. The highest BCUT2D eigenvalue weighted by Crippen LogP contribution is 2.45. The highest BCUT2D eigenvalue weighted by Gasteiger charge is 2.48. The summed E-state index contributed by atoms with van der Waals surface area (Å²) < 4.78 is 38.6. The number of nitrogens with zero attached hydrogens (tertiary/aromatic N) is 2. The van der Waals surface area contributed by atoms with Gasteiger partial charge in [0.15, 0.2) is 0 Å². The molecular weight excluding hydrogens is 415 g/mol. The quantitative estimate of drug-likeness (QED) is 0.671. The van der Waals surface area contributed by atoms with Crippen molar-refractivity contribution in [3.8, 4) is 0 Å². The van der Waals surface area contributed by atoms with Gasteiger partial charge < -0.3 is 20.2 Å². The Balaban J connectivity index is 1.89. The lowest BCUT2D eigenvalue weighted by atomic mass is 10.0. The van der Waals surface area contributed by atoms with Crippen LogP contribution < -0.4 is 5.32 Å². The fourth-order valence-electron chi connectivity index (χ4n) is 4.21. The number of carboxylic acid groups (broad SMARTS) is 1. The van der Waals surface area contributed by atoms with E-state index in [0.717, 1.165) is 23.5 Å². The minimum Gasteiger partial charge on any atom is -0.480 e. The van der Waals surface area contributed by atoms with Gasteiger partial charge in [-0.15, -0.1) is 0 Å². The molecule has 0 spiro atoms. The topological polar surface area (TPSA) is 90.0 Å². The van der Waals surface area contributed by atoms with Gasteiger partial charge in [0.25, 0.3) is 0 Å². The van der Waals surface area contributed by atoms with Crippen molar-refractivity contribution in [3.63, 3.8) is 0 Å². The van der Waals surface area contributed by atoms with Gasteiger partial charge in [-0.25, -0.2) is 0 Å². The molecule has 1 heterocycles. The molecule has 1 aromatic rings. The van der Waals surface area contributed by atoms with Crippen molar-refractivity contribution < 1.29 is 32.7 Å². The number of benzene rings is 1. The van der Waals surface area contributed by atoms with Crippen molar-refractivity contribution in [2.45, 2.75) is 37.5 Å². The number of alkyl halides is 3. The molecule has 2 N–H and O–H groups in total.